The minimum atomic E-state index is -0.587. The minimum Gasteiger partial charge on any atom is -0.389 e. The molecule has 0 heterocycles. The van der Waals surface area contributed by atoms with Crippen molar-refractivity contribution in [3.63, 3.8) is 0 Å². The number of likely N-dealkylation sites (N-methyl/N-ethyl adjacent to an activating group) is 1. The van der Waals surface area contributed by atoms with Gasteiger partial charge in [0.25, 0.3) is 0 Å². The van der Waals surface area contributed by atoms with Crippen molar-refractivity contribution in [3.8, 4) is 0 Å². The standard InChI is InChI=1S/C15H23FN2O/c1-18(11-15(19)7-2-3-8-15)10-13-6-4-5-12(9-17)14(13)16/h4-6,19H,2-3,7-11,17H2,1H3. The van der Waals surface area contributed by atoms with E-state index >= 15 is 0 Å². The highest BCUT2D eigenvalue weighted by Gasteiger charge is 2.32. The Morgan fingerprint density at radius 2 is 1.95 bits per heavy atom. The fourth-order valence-corrected chi connectivity index (χ4v) is 2.95. The summed E-state index contributed by atoms with van der Waals surface area (Å²) in [5.41, 5.74) is 6.12. The van der Waals surface area contributed by atoms with Gasteiger partial charge in [0, 0.05) is 30.8 Å². The average Bonchev–Trinajstić information content (AvgIpc) is 2.78. The van der Waals surface area contributed by atoms with Crippen LogP contribution in [-0.2, 0) is 13.1 Å². The Kier molecular flexibility index (Phi) is 4.55. The van der Waals surface area contributed by atoms with Gasteiger partial charge in [0.15, 0.2) is 0 Å². The van der Waals surface area contributed by atoms with E-state index in [4.69, 9.17) is 5.73 Å². The fourth-order valence-electron chi connectivity index (χ4n) is 2.95. The van der Waals surface area contributed by atoms with E-state index in [1.54, 1.807) is 12.1 Å². The van der Waals surface area contributed by atoms with Gasteiger partial charge in [0.1, 0.15) is 5.82 Å². The monoisotopic (exact) mass is 266 g/mol. The third kappa shape index (κ3) is 3.53. The molecule has 0 radical (unpaired) electrons. The van der Waals surface area contributed by atoms with Gasteiger partial charge >= 0.3 is 0 Å². The molecule has 1 aliphatic rings. The van der Waals surface area contributed by atoms with Crippen LogP contribution in [0.5, 0.6) is 0 Å². The van der Waals surface area contributed by atoms with E-state index in [2.05, 4.69) is 0 Å². The molecule has 19 heavy (non-hydrogen) atoms. The predicted octanol–water partition coefficient (Wildman–Crippen LogP) is 2.02. The molecule has 0 amide bonds. The van der Waals surface area contributed by atoms with E-state index in [1.165, 1.54) is 0 Å². The Balaban J connectivity index is 2.00. The Labute approximate surface area is 114 Å². The Bertz CT molecular complexity index is 430. The van der Waals surface area contributed by atoms with Gasteiger partial charge in [-0.3, -0.25) is 4.90 Å². The van der Waals surface area contributed by atoms with E-state index in [0.717, 1.165) is 25.7 Å². The molecule has 0 unspecified atom stereocenters. The molecule has 0 spiro atoms. The smallest absolute Gasteiger partial charge is 0.132 e. The number of aliphatic hydroxyl groups is 1. The van der Waals surface area contributed by atoms with Gasteiger partial charge < -0.3 is 10.8 Å². The lowest BCUT2D eigenvalue weighted by Crippen LogP contribution is -2.38. The molecule has 0 saturated heterocycles. The van der Waals surface area contributed by atoms with Gasteiger partial charge in [0.05, 0.1) is 5.60 Å². The van der Waals surface area contributed by atoms with Crippen molar-refractivity contribution in [2.24, 2.45) is 5.73 Å². The molecule has 1 aliphatic carbocycles. The maximum absolute atomic E-state index is 14.1. The first-order chi connectivity index (χ1) is 9.04. The van der Waals surface area contributed by atoms with Crippen LogP contribution in [0.4, 0.5) is 4.39 Å². The summed E-state index contributed by atoms with van der Waals surface area (Å²) < 4.78 is 14.1. The summed E-state index contributed by atoms with van der Waals surface area (Å²) in [6.07, 6.45) is 3.87. The third-order valence-electron chi connectivity index (χ3n) is 3.92. The van der Waals surface area contributed by atoms with Crippen molar-refractivity contribution >= 4 is 0 Å². The molecule has 1 fully saturated rings. The van der Waals surface area contributed by atoms with E-state index in [0.29, 0.717) is 24.2 Å². The summed E-state index contributed by atoms with van der Waals surface area (Å²) in [5.74, 6) is -0.213. The van der Waals surface area contributed by atoms with Crippen LogP contribution in [0.3, 0.4) is 0 Å². The van der Waals surface area contributed by atoms with Crippen LogP contribution in [0, 0.1) is 5.82 Å². The van der Waals surface area contributed by atoms with Crippen molar-refractivity contribution in [2.45, 2.75) is 44.4 Å². The molecule has 0 aliphatic heterocycles. The second kappa shape index (κ2) is 5.99. The molecule has 106 valence electrons. The molecule has 3 N–H and O–H groups in total. The van der Waals surface area contributed by atoms with Crippen LogP contribution in [0.15, 0.2) is 18.2 Å². The zero-order valence-electron chi connectivity index (χ0n) is 11.5. The molecular formula is C15H23FN2O. The number of hydrogen-bond donors (Lipinski definition) is 2. The Hall–Kier alpha value is -0.970. The predicted molar refractivity (Wildman–Crippen MR) is 74.0 cm³/mol. The number of nitrogens with zero attached hydrogens (tertiary/aromatic N) is 1. The number of benzene rings is 1. The van der Waals surface area contributed by atoms with Crippen LogP contribution in [0.1, 0.15) is 36.8 Å². The molecule has 2 rings (SSSR count). The maximum Gasteiger partial charge on any atom is 0.132 e. The molecule has 0 atom stereocenters. The normalized spacial score (nSPS) is 18.2. The lowest BCUT2D eigenvalue weighted by molar-refractivity contribution is 0.0143. The highest BCUT2D eigenvalue weighted by atomic mass is 19.1. The van der Waals surface area contributed by atoms with Crippen molar-refractivity contribution < 1.29 is 9.50 Å². The average molecular weight is 266 g/mol. The van der Waals surface area contributed by atoms with Crippen molar-refractivity contribution in [1.29, 1.82) is 0 Å². The van der Waals surface area contributed by atoms with E-state index in [9.17, 15) is 9.50 Å². The number of hydrogen-bond acceptors (Lipinski definition) is 3. The van der Waals surface area contributed by atoms with Gasteiger partial charge in [0.2, 0.25) is 0 Å². The van der Waals surface area contributed by atoms with E-state index in [1.807, 2.05) is 18.0 Å². The molecule has 0 bridgehead atoms. The van der Waals surface area contributed by atoms with Gasteiger partial charge in [-0.15, -0.1) is 0 Å². The lowest BCUT2D eigenvalue weighted by atomic mass is 10.0. The molecule has 0 aromatic heterocycles. The topological polar surface area (TPSA) is 49.5 Å². The van der Waals surface area contributed by atoms with E-state index < -0.39 is 5.60 Å². The van der Waals surface area contributed by atoms with Crippen molar-refractivity contribution in [1.82, 2.24) is 4.90 Å². The first-order valence-electron chi connectivity index (χ1n) is 6.91. The van der Waals surface area contributed by atoms with Crippen LogP contribution in [-0.4, -0.2) is 29.2 Å². The summed E-state index contributed by atoms with van der Waals surface area (Å²) in [7, 11) is 1.92. The van der Waals surface area contributed by atoms with Gasteiger partial charge in [-0.25, -0.2) is 4.39 Å². The summed E-state index contributed by atoms with van der Waals surface area (Å²) in [6.45, 7) is 1.31. The Morgan fingerprint density at radius 3 is 2.58 bits per heavy atom. The van der Waals surface area contributed by atoms with Gasteiger partial charge in [-0.05, 0) is 19.9 Å². The molecule has 3 nitrogen and oxygen atoms in total. The molecule has 1 aromatic carbocycles. The second-order valence-electron chi connectivity index (χ2n) is 5.70. The molecule has 4 heteroatoms. The van der Waals surface area contributed by atoms with Crippen molar-refractivity contribution in [2.75, 3.05) is 13.6 Å². The van der Waals surface area contributed by atoms with Crippen LogP contribution in [0.25, 0.3) is 0 Å². The van der Waals surface area contributed by atoms with Crippen LogP contribution < -0.4 is 5.73 Å². The SMILES string of the molecule is CN(Cc1cccc(CN)c1F)CC1(O)CCCC1. The highest BCUT2D eigenvalue weighted by molar-refractivity contribution is 5.25. The highest BCUT2D eigenvalue weighted by Crippen LogP contribution is 2.30. The summed E-state index contributed by atoms with van der Waals surface area (Å²) in [6, 6.07) is 5.33. The Morgan fingerprint density at radius 1 is 1.32 bits per heavy atom. The van der Waals surface area contributed by atoms with Crippen LogP contribution >= 0.6 is 0 Å². The zero-order chi connectivity index (χ0) is 13.9. The molecule has 1 saturated carbocycles. The quantitative estimate of drug-likeness (QED) is 0.857. The number of rotatable bonds is 5. The van der Waals surface area contributed by atoms with Crippen LogP contribution in [0.2, 0.25) is 0 Å². The maximum atomic E-state index is 14.1. The summed E-state index contributed by atoms with van der Waals surface area (Å²) in [4.78, 5) is 1.99. The first-order valence-corrected chi connectivity index (χ1v) is 6.91. The third-order valence-corrected chi connectivity index (χ3v) is 3.92. The number of nitrogens with two attached hydrogens (primary N) is 1. The van der Waals surface area contributed by atoms with E-state index in [-0.39, 0.29) is 12.4 Å². The summed E-state index contributed by atoms with van der Waals surface area (Å²) >= 11 is 0. The fraction of sp³-hybridized carbons (Fsp3) is 0.600. The zero-order valence-corrected chi connectivity index (χ0v) is 11.5. The van der Waals surface area contributed by atoms with Gasteiger partial charge in [-0.1, -0.05) is 31.0 Å². The first kappa shape index (κ1) is 14.4. The van der Waals surface area contributed by atoms with Gasteiger partial charge in [-0.2, -0.15) is 0 Å². The largest absolute Gasteiger partial charge is 0.389 e. The second-order valence-corrected chi connectivity index (χ2v) is 5.70. The molecule has 1 aromatic rings. The van der Waals surface area contributed by atoms with Crippen molar-refractivity contribution in [3.05, 3.63) is 35.1 Å². The molecular weight excluding hydrogens is 243 g/mol. The minimum absolute atomic E-state index is 0.213. The lowest BCUT2D eigenvalue weighted by Gasteiger charge is -2.28. The summed E-state index contributed by atoms with van der Waals surface area (Å²) in [5, 5.41) is 10.4. The number of halogens is 1.